The van der Waals surface area contributed by atoms with Crippen LogP contribution in [0.2, 0.25) is 0 Å². The normalized spacial score (nSPS) is 33.2. The van der Waals surface area contributed by atoms with E-state index in [2.05, 4.69) is 35.2 Å². The number of benzene rings is 1. The second-order valence-electron chi connectivity index (χ2n) is 6.21. The van der Waals surface area contributed by atoms with E-state index >= 15 is 0 Å². The highest BCUT2D eigenvalue weighted by molar-refractivity contribution is 5.20. The maximum atomic E-state index is 9.80. The van der Waals surface area contributed by atoms with Crippen molar-refractivity contribution in [3.63, 3.8) is 0 Å². The molecule has 0 amide bonds. The van der Waals surface area contributed by atoms with Gasteiger partial charge in [-0.15, -0.1) is 0 Å². The average molecular weight is 259 g/mol. The Morgan fingerprint density at radius 3 is 2.37 bits per heavy atom. The highest BCUT2D eigenvalue weighted by Crippen LogP contribution is 2.35. The van der Waals surface area contributed by atoms with Gasteiger partial charge < -0.3 is 5.11 Å². The number of aliphatic hydroxyl groups is 1. The Hall–Kier alpha value is -0.860. The van der Waals surface area contributed by atoms with Crippen LogP contribution in [0, 0.1) is 0 Å². The molecule has 1 N–H and O–H groups in total. The van der Waals surface area contributed by atoms with E-state index in [1.54, 1.807) is 0 Å². The molecule has 2 fully saturated rings. The standard InChI is InChI=1S/C17H25NO/c19-17-7-4-12-18(13-17)16-10-8-15(9-11-16)14-5-2-1-3-6-14/h1-3,5-6,15-17,19H,4,7-13H2. The van der Waals surface area contributed by atoms with Gasteiger partial charge in [0.2, 0.25) is 0 Å². The fourth-order valence-electron chi connectivity index (χ4n) is 3.81. The summed E-state index contributed by atoms with van der Waals surface area (Å²) in [6.07, 6.45) is 7.29. The van der Waals surface area contributed by atoms with Crippen LogP contribution in [0.5, 0.6) is 0 Å². The Labute approximate surface area is 116 Å². The van der Waals surface area contributed by atoms with E-state index in [1.165, 1.54) is 44.2 Å². The molecule has 0 aromatic heterocycles. The minimum atomic E-state index is -0.0828. The Morgan fingerprint density at radius 1 is 0.947 bits per heavy atom. The number of aliphatic hydroxyl groups excluding tert-OH is 1. The molecule has 1 aliphatic heterocycles. The molecule has 1 aromatic carbocycles. The van der Waals surface area contributed by atoms with Gasteiger partial charge in [0.05, 0.1) is 6.10 Å². The SMILES string of the molecule is OC1CCCN(C2CCC(c3ccccc3)CC2)C1. The predicted molar refractivity (Wildman–Crippen MR) is 78.3 cm³/mol. The summed E-state index contributed by atoms with van der Waals surface area (Å²) >= 11 is 0. The molecular formula is C17H25NO. The van der Waals surface area contributed by atoms with Gasteiger partial charge in [-0.1, -0.05) is 30.3 Å². The lowest BCUT2D eigenvalue weighted by atomic mass is 9.81. The summed E-state index contributed by atoms with van der Waals surface area (Å²) in [4.78, 5) is 2.54. The van der Waals surface area contributed by atoms with Crippen molar-refractivity contribution in [2.75, 3.05) is 13.1 Å². The van der Waals surface area contributed by atoms with Crippen LogP contribution in [-0.2, 0) is 0 Å². The van der Waals surface area contributed by atoms with Crippen molar-refractivity contribution in [1.82, 2.24) is 4.90 Å². The number of nitrogens with zero attached hydrogens (tertiary/aromatic N) is 1. The van der Waals surface area contributed by atoms with Crippen LogP contribution >= 0.6 is 0 Å². The quantitative estimate of drug-likeness (QED) is 0.882. The minimum absolute atomic E-state index is 0.0828. The molecule has 3 rings (SSSR count). The van der Waals surface area contributed by atoms with Crippen molar-refractivity contribution in [3.05, 3.63) is 35.9 Å². The van der Waals surface area contributed by atoms with Crippen molar-refractivity contribution in [2.45, 2.75) is 56.6 Å². The van der Waals surface area contributed by atoms with Gasteiger partial charge in [0.1, 0.15) is 0 Å². The molecule has 0 spiro atoms. The van der Waals surface area contributed by atoms with E-state index in [0.29, 0.717) is 0 Å². The van der Waals surface area contributed by atoms with Crippen molar-refractivity contribution in [2.24, 2.45) is 0 Å². The molecule has 2 aliphatic rings. The summed E-state index contributed by atoms with van der Waals surface area (Å²) in [5.41, 5.74) is 1.51. The summed E-state index contributed by atoms with van der Waals surface area (Å²) in [6.45, 7) is 2.10. The zero-order valence-corrected chi connectivity index (χ0v) is 11.7. The van der Waals surface area contributed by atoms with Gasteiger partial charge in [-0.2, -0.15) is 0 Å². The third kappa shape index (κ3) is 3.18. The van der Waals surface area contributed by atoms with E-state index in [1.807, 2.05) is 0 Å². The van der Waals surface area contributed by atoms with Crippen LogP contribution in [0.1, 0.15) is 50.0 Å². The summed E-state index contributed by atoms with van der Waals surface area (Å²) < 4.78 is 0. The lowest BCUT2D eigenvalue weighted by molar-refractivity contribution is 0.0344. The van der Waals surface area contributed by atoms with Crippen LogP contribution in [0.25, 0.3) is 0 Å². The Morgan fingerprint density at radius 2 is 1.68 bits per heavy atom. The monoisotopic (exact) mass is 259 g/mol. The van der Waals surface area contributed by atoms with Crippen molar-refractivity contribution < 1.29 is 5.11 Å². The van der Waals surface area contributed by atoms with Gasteiger partial charge >= 0.3 is 0 Å². The Bertz CT molecular complexity index is 384. The number of rotatable bonds is 2. The zero-order chi connectivity index (χ0) is 13.1. The number of hydrogen-bond acceptors (Lipinski definition) is 2. The Kier molecular flexibility index (Phi) is 4.19. The molecule has 1 saturated carbocycles. The van der Waals surface area contributed by atoms with Gasteiger partial charge in [0, 0.05) is 12.6 Å². The first kappa shape index (κ1) is 13.1. The van der Waals surface area contributed by atoms with E-state index in [4.69, 9.17) is 0 Å². The molecular weight excluding hydrogens is 234 g/mol. The first-order valence-corrected chi connectivity index (χ1v) is 7.80. The first-order chi connectivity index (χ1) is 9.33. The topological polar surface area (TPSA) is 23.5 Å². The largest absolute Gasteiger partial charge is 0.392 e. The fraction of sp³-hybridized carbons (Fsp3) is 0.647. The van der Waals surface area contributed by atoms with E-state index in [9.17, 15) is 5.11 Å². The molecule has 2 nitrogen and oxygen atoms in total. The summed E-state index contributed by atoms with van der Waals surface area (Å²) in [5, 5.41) is 9.80. The maximum absolute atomic E-state index is 9.80. The first-order valence-electron chi connectivity index (χ1n) is 7.80. The highest BCUT2D eigenvalue weighted by Gasteiger charge is 2.29. The Balaban J connectivity index is 1.54. The molecule has 104 valence electrons. The molecule has 1 saturated heterocycles. The highest BCUT2D eigenvalue weighted by atomic mass is 16.3. The predicted octanol–water partition coefficient (Wildman–Crippen LogP) is 3.17. The molecule has 1 aromatic rings. The van der Waals surface area contributed by atoms with Gasteiger partial charge in [-0.05, 0) is 56.6 Å². The lowest BCUT2D eigenvalue weighted by Gasteiger charge is -2.40. The molecule has 2 heteroatoms. The second-order valence-corrected chi connectivity index (χ2v) is 6.21. The van der Waals surface area contributed by atoms with Crippen molar-refractivity contribution in [1.29, 1.82) is 0 Å². The van der Waals surface area contributed by atoms with Crippen molar-refractivity contribution >= 4 is 0 Å². The van der Waals surface area contributed by atoms with Crippen LogP contribution in [0.4, 0.5) is 0 Å². The van der Waals surface area contributed by atoms with Gasteiger partial charge in [0.15, 0.2) is 0 Å². The third-order valence-corrected chi connectivity index (χ3v) is 4.91. The third-order valence-electron chi connectivity index (χ3n) is 4.91. The average Bonchev–Trinajstić information content (AvgIpc) is 2.48. The molecule has 0 bridgehead atoms. The maximum Gasteiger partial charge on any atom is 0.0667 e. The summed E-state index contributed by atoms with van der Waals surface area (Å²) in [5.74, 6) is 0.757. The van der Waals surface area contributed by atoms with Gasteiger partial charge in [-0.3, -0.25) is 4.90 Å². The van der Waals surface area contributed by atoms with Crippen LogP contribution < -0.4 is 0 Å². The number of hydrogen-bond donors (Lipinski definition) is 1. The lowest BCUT2D eigenvalue weighted by Crippen LogP contribution is -2.45. The van der Waals surface area contributed by atoms with E-state index < -0.39 is 0 Å². The van der Waals surface area contributed by atoms with E-state index in [0.717, 1.165) is 24.9 Å². The van der Waals surface area contributed by atoms with Gasteiger partial charge in [-0.25, -0.2) is 0 Å². The van der Waals surface area contributed by atoms with Crippen LogP contribution in [0.15, 0.2) is 30.3 Å². The van der Waals surface area contributed by atoms with Crippen molar-refractivity contribution in [3.8, 4) is 0 Å². The fourth-order valence-corrected chi connectivity index (χ4v) is 3.81. The molecule has 19 heavy (non-hydrogen) atoms. The molecule has 1 heterocycles. The zero-order valence-electron chi connectivity index (χ0n) is 11.7. The molecule has 1 aliphatic carbocycles. The van der Waals surface area contributed by atoms with Gasteiger partial charge in [0.25, 0.3) is 0 Å². The van der Waals surface area contributed by atoms with Crippen LogP contribution in [-0.4, -0.2) is 35.2 Å². The van der Waals surface area contributed by atoms with E-state index in [-0.39, 0.29) is 6.10 Å². The smallest absolute Gasteiger partial charge is 0.0667 e. The number of β-amino-alcohol motifs (C(OH)–C–C–N with tert-alkyl or cyclic N) is 1. The number of piperidine rings is 1. The second kappa shape index (κ2) is 6.06. The summed E-state index contributed by atoms with van der Waals surface area (Å²) in [6, 6.07) is 11.7. The molecule has 0 radical (unpaired) electrons. The summed E-state index contributed by atoms with van der Waals surface area (Å²) in [7, 11) is 0. The number of likely N-dealkylation sites (tertiary alicyclic amines) is 1. The van der Waals surface area contributed by atoms with Crippen LogP contribution in [0.3, 0.4) is 0 Å². The molecule has 1 atom stereocenters. The molecule has 1 unspecified atom stereocenters. The minimum Gasteiger partial charge on any atom is -0.392 e.